The number of aromatic nitrogens is 2. The molecule has 0 saturated heterocycles. The number of hydrogen-bond acceptors (Lipinski definition) is 3. The largest absolute Gasteiger partial charge is 0.305 e. The van der Waals surface area contributed by atoms with E-state index in [0.717, 1.165) is 11.3 Å². The molecular formula is C7H13N3O. The van der Waals surface area contributed by atoms with Gasteiger partial charge >= 0.3 is 0 Å². The van der Waals surface area contributed by atoms with E-state index in [0.29, 0.717) is 6.54 Å². The summed E-state index contributed by atoms with van der Waals surface area (Å²) in [5.74, 6) is 0. The van der Waals surface area contributed by atoms with Crippen molar-refractivity contribution in [3.63, 3.8) is 0 Å². The van der Waals surface area contributed by atoms with Crippen molar-refractivity contribution in [3.05, 3.63) is 17.5 Å². The number of hydroxylamine groups is 1. The molecule has 4 nitrogen and oxygen atoms in total. The van der Waals surface area contributed by atoms with E-state index in [1.54, 1.807) is 11.8 Å². The molecule has 11 heavy (non-hydrogen) atoms. The van der Waals surface area contributed by atoms with Crippen molar-refractivity contribution in [2.24, 2.45) is 7.05 Å². The van der Waals surface area contributed by atoms with Crippen LogP contribution in [0, 0.1) is 6.92 Å². The summed E-state index contributed by atoms with van der Waals surface area (Å²) in [6, 6.07) is 0. The van der Waals surface area contributed by atoms with Gasteiger partial charge in [-0.2, -0.15) is 10.6 Å². The Balaban J connectivity index is 2.62. The number of aryl methyl sites for hydroxylation is 2. The molecule has 4 heteroatoms. The van der Waals surface area contributed by atoms with Gasteiger partial charge in [-0.25, -0.2) is 0 Å². The van der Waals surface area contributed by atoms with Crippen LogP contribution in [0.15, 0.2) is 6.20 Å². The van der Waals surface area contributed by atoms with Gasteiger partial charge in [-0.3, -0.25) is 4.68 Å². The number of rotatable bonds is 3. The van der Waals surface area contributed by atoms with Gasteiger partial charge in [0.15, 0.2) is 0 Å². The molecule has 0 amide bonds. The lowest BCUT2D eigenvalue weighted by Crippen LogP contribution is -2.10. The molecule has 1 rings (SSSR count). The average Bonchev–Trinajstić information content (AvgIpc) is 2.26. The van der Waals surface area contributed by atoms with E-state index in [9.17, 15) is 0 Å². The zero-order valence-corrected chi connectivity index (χ0v) is 7.09. The average molecular weight is 155 g/mol. The fraction of sp³-hybridized carbons (Fsp3) is 0.571. The second-order valence-electron chi connectivity index (χ2n) is 2.44. The van der Waals surface area contributed by atoms with Crippen molar-refractivity contribution in [1.29, 1.82) is 0 Å². The Morgan fingerprint density at radius 2 is 2.45 bits per heavy atom. The van der Waals surface area contributed by atoms with Crippen LogP contribution in [0.25, 0.3) is 0 Å². The Morgan fingerprint density at radius 1 is 1.73 bits per heavy atom. The van der Waals surface area contributed by atoms with Crippen molar-refractivity contribution in [1.82, 2.24) is 15.3 Å². The van der Waals surface area contributed by atoms with Crippen LogP contribution in [0.2, 0.25) is 0 Å². The van der Waals surface area contributed by atoms with Gasteiger partial charge in [-0.15, -0.1) is 0 Å². The van der Waals surface area contributed by atoms with Crippen molar-refractivity contribution >= 4 is 0 Å². The van der Waals surface area contributed by atoms with E-state index < -0.39 is 0 Å². The van der Waals surface area contributed by atoms with Gasteiger partial charge in [0, 0.05) is 25.4 Å². The van der Waals surface area contributed by atoms with E-state index in [2.05, 4.69) is 10.6 Å². The molecule has 0 radical (unpaired) electrons. The van der Waals surface area contributed by atoms with Crippen molar-refractivity contribution in [3.8, 4) is 0 Å². The minimum Gasteiger partial charge on any atom is -0.305 e. The molecule has 0 saturated carbocycles. The maximum atomic E-state index is 4.72. The molecule has 0 aliphatic rings. The third-order valence-corrected chi connectivity index (χ3v) is 1.52. The second kappa shape index (κ2) is 3.50. The minimum atomic E-state index is 0.705. The fourth-order valence-electron chi connectivity index (χ4n) is 0.972. The molecule has 0 aromatic carbocycles. The summed E-state index contributed by atoms with van der Waals surface area (Å²) in [6.07, 6.45) is 1.97. The standard InChI is InChI=1S/C7H13N3O/c1-6-7(4-8-11-3)5-10(2)9-6/h5,8H,4H2,1-3H3. The van der Waals surface area contributed by atoms with Gasteiger partial charge in [0.05, 0.1) is 12.8 Å². The Labute approximate surface area is 66.1 Å². The molecule has 1 aromatic rings. The predicted molar refractivity (Wildman–Crippen MR) is 41.8 cm³/mol. The lowest BCUT2D eigenvalue weighted by atomic mass is 10.3. The quantitative estimate of drug-likeness (QED) is 0.641. The van der Waals surface area contributed by atoms with Gasteiger partial charge < -0.3 is 4.84 Å². The highest BCUT2D eigenvalue weighted by atomic mass is 16.6. The van der Waals surface area contributed by atoms with Gasteiger partial charge in [-0.1, -0.05) is 0 Å². The zero-order chi connectivity index (χ0) is 8.27. The lowest BCUT2D eigenvalue weighted by molar-refractivity contribution is 0.0866. The van der Waals surface area contributed by atoms with E-state index in [4.69, 9.17) is 4.84 Å². The molecule has 1 aromatic heterocycles. The first-order valence-corrected chi connectivity index (χ1v) is 3.49. The third kappa shape index (κ3) is 2.03. The Bertz CT molecular complexity index is 232. The van der Waals surface area contributed by atoms with Gasteiger partial charge in [0.2, 0.25) is 0 Å². The molecule has 0 aliphatic carbocycles. The molecule has 0 aliphatic heterocycles. The highest BCUT2D eigenvalue weighted by molar-refractivity contribution is 5.14. The maximum absolute atomic E-state index is 4.72. The molecule has 0 fully saturated rings. The smallest absolute Gasteiger partial charge is 0.0639 e. The molecule has 0 unspecified atom stereocenters. The number of nitrogens with zero attached hydrogens (tertiary/aromatic N) is 2. The molecular weight excluding hydrogens is 142 g/mol. The first-order valence-electron chi connectivity index (χ1n) is 3.49. The van der Waals surface area contributed by atoms with Crippen LogP contribution in [0.5, 0.6) is 0 Å². The highest BCUT2D eigenvalue weighted by Crippen LogP contribution is 2.02. The van der Waals surface area contributed by atoms with Crippen molar-refractivity contribution in [2.75, 3.05) is 7.11 Å². The topological polar surface area (TPSA) is 39.1 Å². The summed E-state index contributed by atoms with van der Waals surface area (Å²) >= 11 is 0. The summed E-state index contributed by atoms with van der Waals surface area (Å²) in [5.41, 5.74) is 4.97. The summed E-state index contributed by atoms with van der Waals surface area (Å²) < 4.78 is 1.79. The molecule has 0 spiro atoms. The Morgan fingerprint density at radius 3 is 2.91 bits per heavy atom. The van der Waals surface area contributed by atoms with Gasteiger partial charge in [0.25, 0.3) is 0 Å². The summed E-state index contributed by atoms with van der Waals surface area (Å²) in [7, 11) is 3.51. The Kier molecular flexibility index (Phi) is 2.62. The molecule has 0 bridgehead atoms. The summed E-state index contributed by atoms with van der Waals surface area (Å²) in [4.78, 5) is 4.72. The monoisotopic (exact) mass is 155 g/mol. The van der Waals surface area contributed by atoms with E-state index in [1.807, 2.05) is 20.2 Å². The summed E-state index contributed by atoms with van der Waals surface area (Å²) in [6.45, 7) is 2.68. The minimum absolute atomic E-state index is 0.705. The SMILES string of the molecule is CONCc1cn(C)nc1C. The normalized spacial score (nSPS) is 10.5. The zero-order valence-electron chi connectivity index (χ0n) is 7.09. The molecule has 62 valence electrons. The first-order chi connectivity index (χ1) is 5.24. The lowest BCUT2D eigenvalue weighted by Gasteiger charge is -1.97. The number of nitrogens with one attached hydrogen (secondary N) is 1. The van der Waals surface area contributed by atoms with Gasteiger partial charge in [-0.05, 0) is 6.92 Å². The predicted octanol–water partition coefficient (Wildman–Crippen LogP) is 0.380. The van der Waals surface area contributed by atoms with Gasteiger partial charge in [0.1, 0.15) is 0 Å². The van der Waals surface area contributed by atoms with Crippen LogP contribution in [0.3, 0.4) is 0 Å². The van der Waals surface area contributed by atoms with Crippen LogP contribution in [-0.4, -0.2) is 16.9 Å². The maximum Gasteiger partial charge on any atom is 0.0639 e. The third-order valence-electron chi connectivity index (χ3n) is 1.52. The van der Waals surface area contributed by atoms with Crippen LogP contribution < -0.4 is 5.48 Å². The molecule has 1 N–H and O–H groups in total. The summed E-state index contributed by atoms with van der Waals surface area (Å²) in [5, 5.41) is 4.19. The molecule has 0 atom stereocenters. The Hall–Kier alpha value is -0.870. The van der Waals surface area contributed by atoms with Crippen LogP contribution in [0.4, 0.5) is 0 Å². The second-order valence-corrected chi connectivity index (χ2v) is 2.44. The fourth-order valence-corrected chi connectivity index (χ4v) is 0.972. The van der Waals surface area contributed by atoms with E-state index >= 15 is 0 Å². The van der Waals surface area contributed by atoms with Crippen LogP contribution in [-0.2, 0) is 18.4 Å². The van der Waals surface area contributed by atoms with E-state index in [1.165, 1.54) is 0 Å². The van der Waals surface area contributed by atoms with E-state index in [-0.39, 0.29) is 0 Å². The first kappa shape index (κ1) is 8.23. The van der Waals surface area contributed by atoms with Crippen LogP contribution >= 0.6 is 0 Å². The molecule has 1 heterocycles. The van der Waals surface area contributed by atoms with Crippen molar-refractivity contribution in [2.45, 2.75) is 13.5 Å². The number of hydrogen-bond donors (Lipinski definition) is 1. The van der Waals surface area contributed by atoms with Crippen LogP contribution in [0.1, 0.15) is 11.3 Å². The van der Waals surface area contributed by atoms with Crippen molar-refractivity contribution < 1.29 is 4.84 Å². The highest BCUT2D eigenvalue weighted by Gasteiger charge is 2.00.